The Morgan fingerprint density at radius 3 is 2.33 bits per heavy atom. The molecule has 33 heavy (non-hydrogen) atoms. The average Bonchev–Trinajstić information content (AvgIpc) is 2.79. The Kier molecular flexibility index (Phi) is 8.09. The highest BCUT2D eigenvalue weighted by atomic mass is 79.9. The van der Waals surface area contributed by atoms with Gasteiger partial charge in [-0.25, -0.2) is 8.42 Å². The summed E-state index contributed by atoms with van der Waals surface area (Å²) in [7, 11) is -2.44. The maximum Gasteiger partial charge on any atom is 0.263 e. The van der Waals surface area contributed by atoms with Gasteiger partial charge >= 0.3 is 0 Å². The molecule has 0 spiro atoms. The summed E-state index contributed by atoms with van der Waals surface area (Å²) in [4.78, 5) is 12.1. The SMILES string of the molecule is COc1ccc(NS(=O)(=O)c2ccc(NC(=S)NC(=O)C=Cc3ccc(Br)cc3)cc2)nn1. The Labute approximate surface area is 204 Å². The van der Waals surface area contributed by atoms with Gasteiger partial charge in [0.25, 0.3) is 10.0 Å². The summed E-state index contributed by atoms with van der Waals surface area (Å²) in [6, 6.07) is 16.2. The lowest BCUT2D eigenvalue weighted by atomic mass is 10.2. The fourth-order valence-corrected chi connectivity index (χ4v) is 3.94. The highest BCUT2D eigenvalue weighted by Gasteiger charge is 2.15. The topological polar surface area (TPSA) is 122 Å². The van der Waals surface area contributed by atoms with Crippen LogP contribution in [0.1, 0.15) is 5.56 Å². The van der Waals surface area contributed by atoms with Gasteiger partial charge in [0.15, 0.2) is 10.9 Å². The van der Waals surface area contributed by atoms with Crippen LogP contribution in [0.3, 0.4) is 0 Å². The van der Waals surface area contributed by atoms with Crippen molar-refractivity contribution in [1.82, 2.24) is 15.5 Å². The second-order valence-corrected chi connectivity index (χ2v) is 9.43. The van der Waals surface area contributed by atoms with E-state index in [9.17, 15) is 13.2 Å². The van der Waals surface area contributed by atoms with Crippen LogP contribution < -0.4 is 20.1 Å². The van der Waals surface area contributed by atoms with Crippen molar-refractivity contribution in [3.63, 3.8) is 0 Å². The largest absolute Gasteiger partial charge is 0.480 e. The van der Waals surface area contributed by atoms with E-state index in [1.54, 1.807) is 6.08 Å². The molecule has 9 nitrogen and oxygen atoms in total. The number of rotatable bonds is 7. The van der Waals surface area contributed by atoms with Crippen molar-refractivity contribution < 1.29 is 17.9 Å². The lowest BCUT2D eigenvalue weighted by Crippen LogP contribution is -2.32. The van der Waals surface area contributed by atoms with Gasteiger partial charge in [0.2, 0.25) is 11.8 Å². The van der Waals surface area contributed by atoms with E-state index >= 15 is 0 Å². The van der Waals surface area contributed by atoms with E-state index in [2.05, 4.69) is 41.5 Å². The third-order valence-corrected chi connectivity index (χ3v) is 6.15. The zero-order valence-corrected chi connectivity index (χ0v) is 20.4. The highest BCUT2D eigenvalue weighted by molar-refractivity contribution is 9.10. The van der Waals surface area contributed by atoms with Gasteiger partial charge in [-0.3, -0.25) is 14.8 Å². The first kappa shape index (κ1) is 24.3. The lowest BCUT2D eigenvalue weighted by molar-refractivity contribution is -0.115. The maximum atomic E-state index is 12.5. The molecule has 3 aromatic rings. The van der Waals surface area contributed by atoms with Gasteiger partial charge in [-0.2, -0.15) is 0 Å². The summed E-state index contributed by atoms with van der Waals surface area (Å²) in [5.74, 6) is -0.0854. The standard InChI is InChI=1S/C21H18BrN5O4S2/c1-31-20-13-11-18(25-26-20)27-33(29,30)17-9-7-16(8-10-17)23-21(32)24-19(28)12-4-14-2-5-15(22)6-3-14/h2-13H,1H3,(H,25,27)(H2,23,24,28,32). The number of nitrogens with zero attached hydrogens (tertiary/aromatic N) is 2. The zero-order valence-electron chi connectivity index (χ0n) is 17.2. The van der Waals surface area contributed by atoms with E-state index in [1.165, 1.54) is 49.6 Å². The molecule has 0 aliphatic rings. The van der Waals surface area contributed by atoms with E-state index in [4.69, 9.17) is 17.0 Å². The number of nitrogens with one attached hydrogen (secondary N) is 3. The summed E-state index contributed by atoms with van der Waals surface area (Å²) in [6.45, 7) is 0. The van der Waals surface area contributed by atoms with E-state index in [0.29, 0.717) is 5.69 Å². The summed E-state index contributed by atoms with van der Waals surface area (Å²) in [5.41, 5.74) is 1.36. The third-order valence-electron chi connectivity index (χ3n) is 4.04. The first-order valence-corrected chi connectivity index (χ1v) is 12.0. The van der Waals surface area contributed by atoms with E-state index in [-0.39, 0.29) is 21.7 Å². The maximum absolute atomic E-state index is 12.5. The first-order valence-electron chi connectivity index (χ1n) is 9.31. The second kappa shape index (κ2) is 11.0. The van der Waals surface area contributed by atoms with Crippen molar-refractivity contribution >= 4 is 66.8 Å². The van der Waals surface area contributed by atoms with Crippen molar-refractivity contribution in [2.75, 3.05) is 17.1 Å². The molecule has 3 rings (SSSR count). The molecule has 0 saturated carbocycles. The predicted molar refractivity (Wildman–Crippen MR) is 133 cm³/mol. The molecule has 0 unspecified atom stereocenters. The minimum Gasteiger partial charge on any atom is -0.480 e. The molecule has 0 saturated heterocycles. The van der Waals surface area contributed by atoms with E-state index in [0.717, 1.165) is 10.0 Å². The van der Waals surface area contributed by atoms with Crippen LogP contribution in [0.5, 0.6) is 5.88 Å². The molecule has 12 heteroatoms. The second-order valence-electron chi connectivity index (χ2n) is 6.42. The summed E-state index contributed by atoms with van der Waals surface area (Å²) >= 11 is 8.48. The Bertz CT molecular complexity index is 1260. The Balaban J connectivity index is 1.56. The van der Waals surface area contributed by atoms with Crippen molar-refractivity contribution in [2.24, 2.45) is 0 Å². The summed E-state index contributed by atoms with van der Waals surface area (Å²) in [5, 5.41) is 12.9. The molecule has 0 bridgehead atoms. The van der Waals surface area contributed by atoms with Gasteiger partial charge in [0.05, 0.1) is 12.0 Å². The van der Waals surface area contributed by atoms with Crippen LogP contribution >= 0.6 is 28.1 Å². The molecular weight excluding hydrogens is 530 g/mol. The molecule has 0 radical (unpaired) electrons. The number of thiocarbonyl (C=S) groups is 1. The number of halogens is 1. The third kappa shape index (κ3) is 7.34. The van der Waals surface area contributed by atoms with E-state index in [1.807, 2.05) is 24.3 Å². The van der Waals surface area contributed by atoms with Gasteiger partial charge < -0.3 is 10.1 Å². The molecule has 0 aliphatic heterocycles. The molecule has 1 aromatic heterocycles. The summed E-state index contributed by atoms with van der Waals surface area (Å²) in [6.07, 6.45) is 3.02. The summed E-state index contributed by atoms with van der Waals surface area (Å²) < 4.78 is 33.2. The number of anilines is 2. The fraction of sp³-hybridized carbons (Fsp3) is 0.0476. The highest BCUT2D eigenvalue weighted by Crippen LogP contribution is 2.18. The van der Waals surface area contributed by atoms with Gasteiger partial charge in [0, 0.05) is 22.3 Å². The Morgan fingerprint density at radius 1 is 1.03 bits per heavy atom. The molecule has 0 fully saturated rings. The van der Waals surface area contributed by atoms with Crippen LogP contribution in [0, 0.1) is 0 Å². The fourth-order valence-electron chi connectivity index (χ4n) is 2.46. The molecule has 1 heterocycles. The number of sulfonamides is 1. The van der Waals surface area contributed by atoms with Crippen LogP contribution in [0.15, 0.2) is 76.1 Å². The number of carbonyl (C=O) groups excluding carboxylic acids is 1. The number of aromatic nitrogens is 2. The van der Waals surface area contributed by atoms with Gasteiger partial charge in [-0.05, 0) is 66.3 Å². The van der Waals surface area contributed by atoms with Gasteiger partial charge in [0.1, 0.15) is 0 Å². The molecule has 170 valence electrons. The Morgan fingerprint density at radius 2 is 1.73 bits per heavy atom. The van der Waals surface area contributed by atoms with Crippen LogP contribution in [0.25, 0.3) is 6.08 Å². The number of hydrogen-bond donors (Lipinski definition) is 3. The minimum absolute atomic E-state index is 0.0121. The minimum atomic E-state index is -3.87. The van der Waals surface area contributed by atoms with Crippen molar-refractivity contribution in [1.29, 1.82) is 0 Å². The molecule has 2 aromatic carbocycles. The van der Waals surface area contributed by atoms with Crippen LogP contribution in [0.4, 0.5) is 11.5 Å². The Hall–Kier alpha value is -3.35. The molecular formula is C21H18BrN5O4S2. The normalized spacial score (nSPS) is 11.1. The monoisotopic (exact) mass is 547 g/mol. The molecule has 0 atom stereocenters. The van der Waals surface area contributed by atoms with Crippen LogP contribution in [-0.4, -0.2) is 36.7 Å². The van der Waals surface area contributed by atoms with Crippen LogP contribution in [0.2, 0.25) is 0 Å². The first-order chi connectivity index (χ1) is 15.7. The smallest absolute Gasteiger partial charge is 0.263 e. The van der Waals surface area contributed by atoms with Crippen LogP contribution in [-0.2, 0) is 14.8 Å². The predicted octanol–water partition coefficient (Wildman–Crippen LogP) is 3.57. The molecule has 1 amide bonds. The van der Waals surface area contributed by atoms with Crippen molar-refractivity contribution in [3.05, 3.63) is 76.8 Å². The average molecular weight is 548 g/mol. The number of ether oxygens (including phenoxy) is 1. The number of methoxy groups -OCH3 is 1. The van der Waals surface area contributed by atoms with E-state index < -0.39 is 15.9 Å². The number of carbonyl (C=O) groups is 1. The van der Waals surface area contributed by atoms with Crippen molar-refractivity contribution in [3.8, 4) is 5.88 Å². The lowest BCUT2D eigenvalue weighted by Gasteiger charge is -2.10. The number of hydrogen-bond acceptors (Lipinski definition) is 7. The number of benzene rings is 2. The number of amides is 1. The quantitative estimate of drug-likeness (QED) is 0.303. The molecule has 0 aliphatic carbocycles. The van der Waals surface area contributed by atoms with Gasteiger partial charge in [-0.15, -0.1) is 10.2 Å². The van der Waals surface area contributed by atoms with Crippen molar-refractivity contribution in [2.45, 2.75) is 4.90 Å². The van der Waals surface area contributed by atoms with Gasteiger partial charge in [-0.1, -0.05) is 28.1 Å². The molecule has 3 N–H and O–H groups in total. The zero-order chi connectivity index (χ0) is 23.8.